The topological polar surface area (TPSA) is 91.0 Å². The average molecular weight is 301 g/mol. The number of nitrogens with two attached hydrogens (primary N) is 1. The number of hydrazine groups is 1. The highest BCUT2D eigenvalue weighted by molar-refractivity contribution is 7.97. The second-order valence-electron chi connectivity index (χ2n) is 4.55. The second kappa shape index (κ2) is 8.80. The lowest BCUT2D eigenvalue weighted by Gasteiger charge is -2.25. The molecule has 7 nitrogen and oxygen atoms in total. The average Bonchev–Trinajstić information content (AvgIpc) is 2.74. The molecule has 2 amide bonds. The third-order valence-corrected chi connectivity index (χ3v) is 3.70. The van der Waals surface area contributed by atoms with E-state index in [0.29, 0.717) is 31.9 Å². The molecule has 20 heavy (non-hydrogen) atoms. The van der Waals surface area contributed by atoms with Gasteiger partial charge in [0, 0.05) is 32.2 Å². The Morgan fingerprint density at radius 1 is 1.45 bits per heavy atom. The van der Waals surface area contributed by atoms with Crippen molar-refractivity contribution in [3.8, 4) is 0 Å². The number of carbonyl (C=O) groups is 2. The van der Waals surface area contributed by atoms with E-state index in [1.807, 2.05) is 0 Å². The molecule has 0 spiro atoms. The van der Waals surface area contributed by atoms with Crippen molar-refractivity contribution in [1.29, 1.82) is 0 Å². The lowest BCUT2D eigenvalue weighted by Crippen LogP contribution is -2.44. The zero-order valence-electron chi connectivity index (χ0n) is 12.1. The maximum absolute atomic E-state index is 11.5. The van der Waals surface area contributed by atoms with Crippen LogP contribution in [0.5, 0.6) is 0 Å². The van der Waals surface area contributed by atoms with Crippen LogP contribution in [0.2, 0.25) is 0 Å². The van der Waals surface area contributed by atoms with Gasteiger partial charge in [-0.05, 0) is 6.42 Å². The van der Waals surface area contributed by atoms with E-state index in [4.69, 9.17) is 5.73 Å². The summed E-state index contributed by atoms with van der Waals surface area (Å²) in [5, 5.41) is 2.79. The van der Waals surface area contributed by atoms with Crippen LogP contribution >= 0.6 is 11.9 Å². The number of nitrogens with zero attached hydrogens (tertiary/aromatic N) is 3. The Kier molecular flexibility index (Phi) is 7.38. The molecule has 0 aromatic heterocycles. The maximum atomic E-state index is 11.5. The van der Waals surface area contributed by atoms with Crippen LogP contribution in [0.25, 0.3) is 0 Å². The van der Waals surface area contributed by atoms with Crippen LogP contribution in [-0.2, 0) is 9.59 Å². The molecule has 0 unspecified atom stereocenters. The van der Waals surface area contributed by atoms with Gasteiger partial charge in [-0.2, -0.15) is 0 Å². The molecule has 1 rings (SSSR count). The molecule has 0 aromatic rings. The van der Waals surface area contributed by atoms with Crippen LogP contribution in [0.4, 0.5) is 0 Å². The summed E-state index contributed by atoms with van der Waals surface area (Å²) in [4.78, 5) is 27.2. The normalized spacial score (nSPS) is 16.4. The Balaban J connectivity index is 2.25. The molecule has 1 aliphatic rings. The number of hydrogen-bond acceptors (Lipinski definition) is 5. The van der Waals surface area contributed by atoms with E-state index in [1.54, 1.807) is 12.1 Å². The van der Waals surface area contributed by atoms with Gasteiger partial charge in [0.25, 0.3) is 0 Å². The number of rotatable bonds is 8. The Morgan fingerprint density at radius 3 is 2.70 bits per heavy atom. The van der Waals surface area contributed by atoms with Gasteiger partial charge in [0.2, 0.25) is 11.8 Å². The van der Waals surface area contributed by atoms with Crippen molar-refractivity contribution in [3.05, 3.63) is 0 Å². The first-order chi connectivity index (χ1) is 9.56. The highest BCUT2D eigenvalue weighted by atomic mass is 32.2. The molecule has 3 N–H and O–H groups in total. The van der Waals surface area contributed by atoms with Crippen LogP contribution < -0.4 is 10.5 Å². The van der Waals surface area contributed by atoms with E-state index < -0.39 is 0 Å². The molecule has 1 fully saturated rings. The van der Waals surface area contributed by atoms with Crippen molar-refractivity contribution in [3.63, 3.8) is 0 Å². The lowest BCUT2D eigenvalue weighted by molar-refractivity contribution is -0.154. The minimum absolute atomic E-state index is 0.150. The van der Waals surface area contributed by atoms with Gasteiger partial charge >= 0.3 is 0 Å². The maximum Gasteiger partial charge on any atom is 0.244 e. The van der Waals surface area contributed by atoms with E-state index in [2.05, 4.69) is 16.6 Å². The molecule has 1 saturated heterocycles. The van der Waals surface area contributed by atoms with E-state index >= 15 is 0 Å². The number of guanidine groups is 1. The van der Waals surface area contributed by atoms with Gasteiger partial charge in [0.15, 0.2) is 5.96 Å². The number of likely N-dealkylation sites (N-methyl/N-ethyl adjacent to an activating group) is 1. The van der Waals surface area contributed by atoms with Crippen LogP contribution in [-0.4, -0.2) is 53.7 Å². The van der Waals surface area contributed by atoms with Crippen molar-refractivity contribution in [2.24, 2.45) is 10.7 Å². The molecule has 8 heteroatoms. The fourth-order valence-electron chi connectivity index (χ4n) is 1.73. The molecule has 0 bridgehead atoms. The van der Waals surface area contributed by atoms with Crippen LogP contribution in [0.1, 0.15) is 32.6 Å². The number of nitrogens with one attached hydrogen (secondary N) is 1. The zero-order chi connectivity index (χ0) is 15.0. The summed E-state index contributed by atoms with van der Waals surface area (Å²) in [6.07, 6.45) is 2.87. The minimum atomic E-state index is -0.150. The monoisotopic (exact) mass is 301 g/mol. The van der Waals surface area contributed by atoms with Gasteiger partial charge in [-0.3, -0.25) is 14.6 Å². The Bertz CT molecular complexity index is 359. The first-order valence-corrected chi connectivity index (χ1v) is 7.79. The lowest BCUT2D eigenvalue weighted by atomic mass is 10.4. The number of carbonyl (C=O) groups excluding carboxylic acids is 2. The Hall–Kier alpha value is -1.28. The largest absolute Gasteiger partial charge is 0.369 e. The molecule has 1 aliphatic heterocycles. The first kappa shape index (κ1) is 16.8. The molecule has 0 aliphatic carbocycles. The Morgan fingerprint density at radius 2 is 2.10 bits per heavy atom. The van der Waals surface area contributed by atoms with Crippen LogP contribution in [0.15, 0.2) is 4.99 Å². The van der Waals surface area contributed by atoms with Gasteiger partial charge in [0.05, 0.1) is 6.54 Å². The van der Waals surface area contributed by atoms with E-state index in [9.17, 15) is 9.59 Å². The van der Waals surface area contributed by atoms with Gasteiger partial charge in [-0.1, -0.05) is 25.3 Å². The highest BCUT2D eigenvalue weighted by Gasteiger charge is 2.31. The minimum Gasteiger partial charge on any atom is -0.369 e. The molecule has 0 atom stereocenters. The fourth-order valence-corrected chi connectivity index (χ4v) is 2.48. The predicted octanol–water partition coefficient (Wildman–Crippen LogP) is 0.335. The number of hydrogen-bond donors (Lipinski definition) is 2. The molecular formula is C12H23N5O2S. The summed E-state index contributed by atoms with van der Waals surface area (Å²) in [5.41, 5.74) is 5.70. The number of aliphatic imine (C=N–C) groups is 1. The summed E-state index contributed by atoms with van der Waals surface area (Å²) >= 11 is 1.53. The molecule has 1 heterocycles. The molecule has 114 valence electrons. The molecule has 0 saturated carbocycles. The predicted molar refractivity (Wildman–Crippen MR) is 80.7 cm³/mol. The highest BCUT2D eigenvalue weighted by Crippen LogP contribution is 2.13. The fraction of sp³-hybridized carbons (Fsp3) is 0.750. The van der Waals surface area contributed by atoms with E-state index in [-0.39, 0.29) is 11.8 Å². The molecular weight excluding hydrogens is 278 g/mol. The standard InChI is InChI=1S/C12H23N5O2S/c1-3-4-9-20-15-12(13)14-7-8-16(2)17-10(18)5-6-11(17)19/h3-9H2,1-2H3,(H3,13,14,15). The molecule has 0 radical (unpaired) electrons. The van der Waals surface area contributed by atoms with Crippen molar-refractivity contribution in [1.82, 2.24) is 14.7 Å². The van der Waals surface area contributed by atoms with Crippen LogP contribution in [0.3, 0.4) is 0 Å². The zero-order valence-corrected chi connectivity index (χ0v) is 12.9. The quantitative estimate of drug-likeness (QED) is 0.221. The number of amides is 2. The van der Waals surface area contributed by atoms with Gasteiger partial charge in [-0.15, -0.1) is 0 Å². The van der Waals surface area contributed by atoms with E-state index in [1.165, 1.54) is 17.0 Å². The summed E-state index contributed by atoms with van der Waals surface area (Å²) < 4.78 is 2.96. The molecule has 0 aromatic carbocycles. The number of imide groups is 1. The van der Waals surface area contributed by atoms with Gasteiger partial charge in [-0.25, -0.2) is 10.0 Å². The summed E-state index contributed by atoms with van der Waals surface area (Å²) in [7, 11) is 1.70. The smallest absolute Gasteiger partial charge is 0.244 e. The first-order valence-electron chi connectivity index (χ1n) is 6.80. The third-order valence-electron chi connectivity index (χ3n) is 2.85. The summed E-state index contributed by atoms with van der Waals surface area (Å²) in [6.45, 7) is 3.04. The second-order valence-corrected chi connectivity index (χ2v) is 5.45. The van der Waals surface area contributed by atoms with Crippen molar-refractivity contribution in [2.75, 3.05) is 25.9 Å². The van der Waals surface area contributed by atoms with Crippen molar-refractivity contribution < 1.29 is 9.59 Å². The summed E-state index contributed by atoms with van der Waals surface area (Å²) in [6, 6.07) is 0. The third kappa shape index (κ3) is 5.38. The van der Waals surface area contributed by atoms with E-state index in [0.717, 1.165) is 18.6 Å². The van der Waals surface area contributed by atoms with Crippen LogP contribution in [0, 0.1) is 0 Å². The van der Waals surface area contributed by atoms with Crippen molar-refractivity contribution in [2.45, 2.75) is 32.6 Å². The van der Waals surface area contributed by atoms with Gasteiger partial charge < -0.3 is 10.5 Å². The van der Waals surface area contributed by atoms with Crippen molar-refractivity contribution >= 4 is 29.7 Å². The van der Waals surface area contributed by atoms with Gasteiger partial charge in [0.1, 0.15) is 0 Å². The SMILES string of the molecule is CCCCSN/C(N)=N/CCN(C)N1C(=O)CCC1=O. The number of unbranched alkanes of at least 4 members (excludes halogenated alkanes) is 1. The summed E-state index contributed by atoms with van der Waals surface area (Å²) in [5.74, 6) is 1.06. The Labute approximate surface area is 124 Å².